The maximum Gasteiger partial charge on any atom is 0.451 e. The average Bonchev–Trinajstić information content (AvgIpc) is 3.59. The van der Waals surface area contributed by atoms with Gasteiger partial charge in [-0.1, -0.05) is 26.1 Å². The van der Waals surface area contributed by atoms with Crippen LogP contribution in [0.15, 0.2) is 49.3 Å². The van der Waals surface area contributed by atoms with Crippen molar-refractivity contribution in [3.05, 3.63) is 100 Å². The Morgan fingerprint density at radius 2 is 1.96 bits per heavy atom. The van der Waals surface area contributed by atoms with Crippen molar-refractivity contribution in [1.29, 1.82) is 0 Å². The first-order valence-corrected chi connectivity index (χ1v) is 12.9. The Morgan fingerprint density at radius 1 is 1.24 bits per heavy atom. The number of benzene rings is 1. The van der Waals surface area contributed by atoms with Crippen LogP contribution in [0.4, 0.5) is 17.6 Å². The highest BCUT2D eigenvalue weighted by molar-refractivity contribution is 5.96. The third-order valence-corrected chi connectivity index (χ3v) is 6.61. The monoisotopic (exact) mass is 667 g/mol. The van der Waals surface area contributed by atoms with Gasteiger partial charge in [0.1, 0.15) is 12.3 Å². The Hall–Kier alpha value is -4.96. The van der Waals surface area contributed by atoms with Crippen LogP contribution in [0.5, 0.6) is 0 Å². The van der Waals surface area contributed by atoms with Gasteiger partial charge in [-0.05, 0) is 48.6 Å². The lowest BCUT2D eigenvalue weighted by atomic mass is 9.98. The van der Waals surface area contributed by atoms with Crippen LogP contribution in [-0.4, -0.2) is 54.1 Å². The standard InChI is InChI=1S/C22H19FN4O5.C6H6F3N3.CH4.ClH/c1-3-8-32-22(31)13-4-5-14-12(11(13)2)6-7-16(14)26-20(28)18-9-17(21(29)30)25-19-15(23)10-24-27(18)19;7-6(8,9)5-11-2-1-4(3-10)12-5;;/h3-5,9-10,16H,1,6-8H2,2H3,(H,26,28)(H,29,30);1-2H,3,10H2;1H4;1H/t16-;;;/m0.../s1. The molecule has 0 aliphatic heterocycles. The predicted molar refractivity (Wildman–Crippen MR) is 159 cm³/mol. The lowest BCUT2D eigenvalue weighted by molar-refractivity contribution is -0.145. The molecule has 4 aromatic rings. The van der Waals surface area contributed by atoms with Gasteiger partial charge in [0.2, 0.25) is 5.82 Å². The van der Waals surface area contributed by atoms with E-state index in [1.54, 1.807) is 12.1 Å². The summed E-state index contributed by atoms with van der Waals surface area (Å²) in [5, 5.41) is 15.9. The zero-order valence-corrected chi connectivity index (χ0v) is 24.3. The third-order valence-electron chi connectivity index (χ3n) is 6.61. The number of nitrogens with two attached hydrogens (primary N) is 1. The van der Waals surface area contributed by atoms with Gasteiger partial charge in [-0.15, -0.1) is 12.4 Å². The van der Waals surface area contributed by atoms with E-state index in [4.69, 9.17) is 10.5 Å². The Labute approximate surface area is 266 Å². The van der Waals surface area contributed by atoms with E-state index in [1.807, 2.05) is 6.92 Å². The Bertz CT molecular complexity index is 1760. The molecule has 0 bridgehead atoms. The van der Waals surface area contributed by atoms with Gasteiger partial charge in [0.25, 0.3) is 5.91 Å². The van der Waals surface area contributed by atoms with Crippen LogP contribution >= 0.6 is 12.4 Å². The molecule has 4 N–H and O–H groups in total. The van der Waals surface area contributed by atoms with E-state index < -0.39 is 41.4 Å². The molecule has 0 fully saturated rings. The number of carbonyl (C=O) groups is 3. The molecule has 0 saturated heterocycles. The lowest BCUT2D eigenvalue weighted by Gasteiger charge is -2.16. The van der Waals surface area contributed by atoms with Crippen molar-refractivity contribution in [2.45, 2.75) is 46.0 Å². The zero-order valence-electron chi connectivity index (χ0n) is 23.5. The minimum Gasteiger partial charge on any atom is -0.477 e. The lowest BCUT2D eigenvalue weighted by Crippen LogP contribution is -2.29. The van der Waals surface area contributed by atoms with E-state index in [1.165, 1.54) is 12.1 Å². The topological polar surface area (TPSA) is 175 Å². The van der Waals surface area contributed by atoms with E-state index >= 15 is 0 Å². The van der Waals surface area contributed by atoms with Crippen molar-refractivity contribution in [2.24, 2.45) is 5.73 Å². The summed E-state index contributed by atoms with van der Waals surface area (Å²) in [6.45, 7) is 5.44. The highest BCUT2D eigenvalue weighted by atomic mass is 35.5. The summed E-state index contributed by atoms with van der Waals surface area (Å²) in [6, 6.07) is 5.45. The number of halogens is 5. The van der Waals surface area contributed by atoms with Crippen LogP contribution in [0.25, 0.3) is 5.65 Å². The molecule has 1 aliphatic rings. The fourth-order valence-electron chi connectivity index (χ4n) is 4.55. The number of ether oxygens (including phenoxy) is 1. The maximum atomic E-state index is 13.9. The molecule has 3 aromatic heterocycles. The number of alkyl halides is 3. The smallest absolute Gasteiger partial charge is 0.451 e. The predicted octanol–water partition coefficient (Wildman–Crippen LogP) is 4.65. The first kappa shape index (κ1) is 37.2. The summed E-state index contributed by atoms with van der Waals surface area (Å²) in [7, 11) is 0. The van der Waals surface area contributed by atoms with Gasteiger partial charge >= 0.3 is 18.1 Å². The second-order valence-corrected chi connectivity index (χ2v) is 9.39. The number of rotatable bonds is 7. The fourth-order valence-corrected chi connectivity index (χ4v) is 4.55. The van der Waals surface area contributed by atoms with Crippen LogP contribution in [-0.2, 0) is 23.9 Å². The number of carboxylic acids is 1. The van der Waals surface area contributed by atoms with Gasteiger partial charge in [0.15, 0.2) is 17.2 Å². The molecule has 1 amide bonds. The number of carbonyl (C=O) groups excluding carboxylic acids is 2. The molecule has 1 aromatic carbocycles. The van der Waals surface area contributed by atoms with E-state index in [9.17, 15) is 37.1 Å². The van der Waals surface area contributed by atoms with Crippen molar-refractivity contribution in [3.8, 4) is 0 Å². The quantitative estimate of drug-likeness (QED) is 0.143. The average molecular weight is 668 g/mol. The second kappa shape index (κ2) is 15.4. The molecular formula is C29H30ClF4N7O5. The van der Waals surface area contributed by atoms with Crippen molar-refractivity contribution in [1.82, 2.24) is 29.9 Å². The highest BCUT2D eigenvalue weighted by Crippen LogP contribution is 2.35. The summed E-state index contributed by atoms with van der Waals surface area (Å²) in [6.07, 6.45) is 0.121. The van der Waals surface area contributed by atoms with E-state index in [0.717, 1.165) is 39.7 Å². The van der Waals surface area contributed by atoms with Gasteiger partial charge < -0.3 is 20.9 Å². The largest absolute Gasteiger partial charge is 0.477 e. The second-order valence-electron chi connectivity index (χ2n) is 9.39. The number of carboxylic acid groups (broad SMARTS) is 1. The Kier molecular flexibility index (Phi) is 12.4. The first-order valence-electron chi connectivity index (χ1n) is 12.9. The van der Waals surface area contributed by atoms with Gasteiger partial charge in [0.05, 0.1) is 23.5 Å². The molecule has 0 unspecified atom stereocenters. The highest BCUT2D eigenvalue weighted by Gasteiger charge is 2.34. The van der Waals surface area contributed by atoms with Crippen molar-refractivity contribution in [3.63, 3.8) is 0 Å². The summed E-state index contributed by atoms with van der Waals surface area (Å²) < 4.78 is 55.9. The van der Waals surface area contributed by atoms with Crippen LogP contribution in [0.2, 0.25) is 0 Å². The SMILES string of the molecule is C.C=CCOC(=O)c1ccc2c(c1C)CC[C@@H]2NC(=O)c1cc(C(=O)O)nc2c(F)cnn12.Cl.NCc1ccnc(C(F)(F)F)n1. The summed E-state index contributed by atoms with van der Waals surface area (Å²) in [5.74, 6) is -4.43. The Balaban J connectivity index is 0.000000447. The first-order chi connectivity index (χ1) is 20.8. The number of fused-ring (bicyclic) bond motifs is 2. The number of esters is 1. The number of amides is 1. The molecule has 17 heteroatoms. The van der Waals surface area contributed by atoms with Gasteiger partial charge in [-0.3, -0.25) is 4.79 Å². The van der Waals surface area contributed by atoms with E-state index in [2.05, 4.69) is 31.9 Å². The molecule has 0 saturated carbocycles. The number of nitrogens with zero attached hydrogens (tertiary/aromatic N) is 5. The molecule has 3 heterocycles. The number of hydrogen-bond acceptors (Lipinski definition) is 9. The molecule has 46 heavy (non-hydrogen) atoms. The molecule has 0 radical (unpaired) electrons. The van der Waals surface area contributed by atoms with Crippen molar-refractivity contribution >= 4 is 35.9 Å². The third kappa shape index (κ3) is 8.00. The van der Waals surface area contributed by atoms with Crippen molar-refractivity contribution < 1.29 is 41.8 Å². The van der Waals surface area contributed by atoms with Crippen molar-refractivity contribution in [2.75, 3.05) is 6.61 Å². The minimum absolute atomic E-state index is 0. The molecular weight excluding hydrogens is 638 g/mol. The summed E-state index contributed by atoms with van der Waals surface area (Å²) in [5.41, 5.74) is 7.35. The molecule has 1 atom stereocenters. The molecule has 5 rings (SSSR count). The van der Waals surface area contributed by atoms with Gasteiger partial charge in [0, 0.05) is 18.8 Å². The van der Waals surface area contributed by atoms with Gasteiger partial charge in [-0.2, -0.15) is 18.3 Å². The summed E-state index contributed by atoms with van der Waals surface area (Å²) >= 11 is 0. The van der Waals surface area contributed by atoms with Crippen LogP contribution in [0.3, 0.4) is 0 Å². The Morgan fingerprint density at radius 3 is 2.59 bits per heavy atom. The molecule has 0 spiro atoms. The zero-order chi connectivity index (χ0) is 32.2. The van der Waals surface area contributed by atoms with E-state index in [-0.39, 0.29) is 56.1 Å². The maximum absolute atomic E-state index is 13.9. The fraction of sp³-hybridized carbons (Fsp3) is 0.276. The number of aromatic carboxylic acids is 1. The van der Waals surface area contributed by atoms with Gasteiger partial charge in [-0.25, -0.2) is 33.4 Å². The molecule has 12 nitrogen and oxygen atoms in total. The van der Waals surface area contributed by atoms with Crippen LogP contribution < -0.4 is 11.1 Å². The number of nitrogens with one attached hydrogen (secondary N) is 1. The number of hydrogen-bond donors (Lipinski definition) is 3. The number of aromatic nitrogens is 5. The van der Waals surface area contributed by atoms with Crippen LogP contribution in [0.1, 0.15) is 79.4 Å². The van der Waals surface area contributed by atoms with Crippen LogP contribution in [0, 0.1) is 12.7 Å². The van der Waals surface area contributed by atoms with E-state index in [0.29, 0.717) is 18.4 Å². The normalized spacial score (nSPS) is 13.3. The minimum atomic E-state index is -4.49. The molecule has 1 aliphatic carbocycles. The summed E-state index contributed by atoms with van der Waals surface area (Å²) in [4.78, 5) is 46.6. The molecule has 246 valence electrons.